The standard InChI is InChI=1S/C55H39NO/c1-55(2)49-25-12-11-21-44(49)45-32-31-42(34-50(45)55)56(41-20-13-19-40(33-41)37-17-7-4-8-18-37)51-35-48-53-43(39-29-27-38(28-30-39)36-15-5-3-6-16-36)24-14-26-52(53)57-54(48)47-23-10-9-22-46(47)51/h3-35H,1-2H3. The summed E-state index contributed by atoms with van der Waals surface area (Å²) in [6.07, 6.45) is 0. The topological polar surface area (TPSA) is 16.4 Å². The highest BCUT2D eigenvalue weighted by Crippen LogP contribution is 2.52. The van der Waals surface area contributed by atoms with Crippen LogP contribution in [0.4, 0.5) is 17.1 Å². The molecule has 11 rings (SSSR count). The molecule has 0 fully saturated rings. The molecule has 1 aromatic heterocycles. The molecule has 57 heavy (non-hydrogen) atoms. The predicted octanol–water partition coefficient (Wildman–Crippen LogP) is 15.5. The molecule has 1 aliphatic carbocycles. The summed E-state index contributed by atoms with van der Waals surface area (Å²) in [5, 5.41) is 4.44. The molecule has 2 heteroatoms. The minimum Gasteiger partial charge on any atom is -0.455 e. The first-order chi connectivity index (χ1) is 28.0. The van der Waals surface area contributed by atoms with Crippen LogP contribution in [-0.4, -0.2) is 0 Å². The largest absolute Gasteiger partial charge is 0.455 e. The van der Waals surface area contributed by atoms with Gasteiger partial charge in [-0.15, -0.1) is 0 Å². The molecular weight excluding hydrogens is 691 g/mol. The molecule has 0 unspecified atom stereocenters. The van der Waals surface area contributed by atoms with Crippen LogP contribution in [0, 0.1) is 0 Å². The highest BCUT2D eigenvalue weighted by atomic mass is 16.3. The summed E-state index contributed by atoms with van der Waals surface area (Å²) in [7, 11) is 0. The van der Waals surface area contributed by atoms with Gasteiger partial charge in [0, 0.05) is 38.3 Å². The molecule has 270 valence electrons. The maximum atomic E-state index is 6.85. The van der Waals surface area contributed by atoms with Crippen molar-refractivity contribution in [3.8, 4) is 44.5 Å². The average Bonchev–Trinajstić information content (AvgIpc) is 3.76. The third-order valence-corrected chi connectivity index (χ3v) is 12.1. The van der Waals surface area contributed by atoms with Crippen molar-refractivity contribution in [1.82, 2.24) is 0 Å². The Hall–Kier alpha value is -7.16. The maximum Gasteiger partial charge on any atom is 0.143 e. The quantitative estimate of drug-likeness (QED) is 0.169. The fraction of sp³-hybridized carbons (Fsp3) is 0.0545. The minimum atomic E-state index is -0.142. The number of benzene rings is 9. The molecule has 0 saturated carbocycles. The molecule has 0 N–H and O–H groups in total. The third kappa shape index (κ3) is 5.33. The molecule has 9 aromatic carbocycles. The van der Waals surface area contributed by atoms with Crippen LogP contribution in [0.1, 0.15) is 25.0 Å². The van der Waals surface area contributed by atoms with Crippen LogP contribution < -0.4 is 4.90 Å². The van der Waals surface area contributed by atoms with Crippen molar-refractivity contribution in [1.29, 1.82) is 0 Å². The van der Waals surface area contributed by atoms with Crippen LogP contribution in [0.15, 0.2) is 205 Å². The van der Waals surface area contributed by atoms with Gasteiger partial charge < -0.3 is 9.32 Å². The Morgan fingerprint density at radius 3 is 1.75 bits per heavy atom. The Morgan fingerprint density at radius 2 is 0.965 bits per heavy atom. The lowest BCUT2D eigenvalue weighted by molar-refractivity contribution is 0.660. The second-order valence-corrected chi connectivity index (χ2v) is 15.7. The number of anilines is 3. The molecule has 0 saturated heterocycles. The van der Waals surface area contributed by atoms with Crippen molar-refractivity contribution in [2.45, 2.75) is 19.3 Å². The van der Waals surface area contributed by atoms with Crippen LogP contribution in [-0.2, 0) is 5.41 Å². The molecular formula is C55H39NO. The fourth-order valence-electron chi connectivity index (χ4n) is 9.24. The van der Waals surface area contributed by atoms with Crippen LogP contribution in [0.2, 0.25) is 0 Å². The van der Waals surface area contributed by atoms with Crippen molar-refractivity contribution >= 4 is 49.8 Å². The van der Waals surface area contributed by atoms with E-state index < -0.39 is 0 Å². The lowest BCUT2D eigenvalue weighted by atomic mass is 9.82. The first kappa shape index (κ1) is 33.2. The van der Waals surface area contributed by atoms with Crippen molar-refractivity contribution in [2.24, 2.45) is 0 Å². The summed E-state index contributed by atoms with van der Waals surface area (Å²) in [4.78, 5) is 2.46. The van der Waals surface area contributed by atoms with Gasteiger partial charge >= 0.3 is 0 Å². The Morgan fingerprint density at radius 1 is 0.386 bits per heavy atom. The van der Waals surface area contributed by atoms with Crippen LogP contribution in [0.3, 0.4) is 0 Å². The van der Waals surface area contributed by atoms with Gasteiger partial charge in [-0.05, 0) is 92.0 Å². The monoisotopic (exact) mass is 729 g/mol. The summed E-state index contributed by atoms with van der Waals surface area (Å²) in [5.41, 5.74) is 17.4. The molecule has 0 radical (unpaired) electrons. The number of furan rings is 1. The molecule has 0 aliphatic heterocycles. The second-order valence-electron chi connectivity index (χ2n) is 15.7. The first-order valence-electron chi connectivity index (χ1n) is 19.8. The van der Waals surface area contributed by atoms with Gasteiger partial charge in [0.1, 0.15) is 11.2 Å². The molecule has 0 atom stereocenters. The van der Waals surface area contributed by atoms with E-state index >= 15 is 0 Å². The summed E-state index contributed by atoms with van der Waals surface area (Å²) >= 11 is 0. The highest BCUT2D eigenvalue weighted by molar-refractivity contribution is 6.22. The molecule has 0 spiro atoms. The highest BCUT2D eigenvalue weighted by Gasteiger charge is 2.36. The zero-order valence-electron chi connectivity index (χ0n) is 31.9. The van der Waals surface area contributed by atoms with E-state index in [9.17, 15) is 0 Å². The summed E-state index contributed by atoms with van der Waals surface area (Å²) in [6.45, 7) is 4.71. The molecule has 0 amide bonds. The van der Waals surface area contributed by atoms with Crippen molar-refractivity contribution in [2.75, 3.05) is 4.90 Å². The molecule has 1 aliphatic rings. The van der Waals surface area contributed by atoms with Gasteiger partial charge in [0.05, 0.1) is 5.69 Å². The Labute approximate surface area is 332 Å². The van der Waals surface area contributed by atoms with E-state index in [0.29, 0.717) is 0 Å². The molecule has 0 bridgehead atoms. The maximum absolute atomic E-state index is 6.85. The Kier molecular flexibility index (Phi) is 7.55. The average molecular weight is 730 g/mol. The van der Waals surface area contributed by atoms with E-state index in [2.05, 4.69) is 219 Å². The number of hydrogen-bond acceptors (Lipinski definition) is 2. The summed E-state index contributed by atoms with van der Waals surface area (Å²) in [6, 6.07) is 72.6. The third-order valence-electron chi connectivity index (χ3n) is 12.1. The number of fused-ring (bicyclic) bond motifs is 8. The van der Waals surface area contributed by atoms with Crippen LogP contribution in [0.25, 0.3) is 77.2 Å². The zero-order valence-corrected chi connectivity index (χ0v) is 31.9. The zero-order chi connectivity index (χ0) is 38.1. The predicted molar refractivity (Wildman–Crippen MR) is 240 cm³/mol. The number of nitrogens with zero attached hydrogens (tertiary/aromatic N) is 1. The Bertz CT molecular complexity index is 3140. The molecule has 2 nitrogen and oxygen atoms in total. The van der Waals surface area contributed by atoms with Crippen molar-refractivity contribution < 1.29 is 4.42 Å². The SMILES string of the molecule is CC1(C)c2ccccc2-c2ccc(N(c3cccc(-c4ccccc4)c3)c3cc4c(oc5cccc(-c6ccc(-c7ccccc7)cc6)c54)c4ccccc34)cc21. The molecule has 10 aromatic rings. The summed E-state index contributed by atoms with van der Waals surface area (Å²) < 4.78 is 6.85. The van der Waals surface area contributed by atoms with E-state index in [0.717, 1.165) is 60.9 Å². The smallest absolute Gasteiger partial charge is 0.143 e. The van der Waals surface area contributed by atoms with Gasteiger partial charge in [0.2, 0.25) is 0 Å². The number of hydrogen-bond donors (Lipinski definition) is 0. The van der Waals surface area contributed by atoms with E-state index in [1.54, 1.807) is 0 Å². The van der Waals surface area contributed by atoms with Crippen LogP contribution in [0.5, 0.6) is 0 Å². The lowest BCUT2D eigenvalue weighted by Crippen LogP contribution is -2.16. The first-order valence-corrected chi connectivity index (χ1v) is 19.8. The normalized spacial score (nSPS) is 12.9. The molecule has 1 heterocycles. The van der Waals surface area contributed by atoms with Gasteiger partial charge in [0.25, 0.3) is 0 Å². The minimum absolute atomic E-state index is 0.142. The van der Waals surface area contributed by atoms with Gasteiger partial charge in [-0.25, -0.2) is 0 Å². The Balaban J connectivity index is 1.16. The summed E-state index contributed by atoms with van der Waals surface area (Å²) in [5.74, 6) is 0. The van der Waals surface area contributed by atoms with Crippen molar-refractivity contribution in [3.05, 3.63) is 211 Å². The van der Waals surface area contributed by atoms with Gasteiger partial charge in [-0.3, -0.25) is 0 Å². The van der Waals surface area contributed by atoms with Gasteiger partial charge in [-0.2, -0.15) is 0 Å². The number of rotatable bonds is 6. The van der Waals surface area contributed by atoms with E-state index in [1.165, 1.54) is 44.5 Å². The van der Waals surface area contributed by atoms with E-state index in [4.69, 9.17) is 4.42 Å². The lowest BCUT2D eigenvalue weighted by Gasteiger charge is -2.29. The second kappa shape index (κ2) is 13.0. The van der Waals surface area contributed by atoms with Crippen LogP contribution >= 0.6 is 0 Å². The van der Waals surface area contributed by atoms with Crippen molar-refractivity contribution in [3.63, 3.8) is 0 Å². The fourth-order valence-corrected chi connectivity index (χ4v) is 9.24. The van der Waals surface area contributed by atoms with E-state index in [-0.39, 0.29) is 5.41 Å². The van der Waals surface area contributed by atoms with E-state index in [1.807, 2.05) is 0 Å². The van der Waals surface area contributed by atoms with Gasteiger partial charge in [-0.1, -0.05) is 178 Å². The van der Waals surface area contributed by atoms with Gasteiger partial charge in [0.15, 0.2) is 0 Å².